The van der Waals surface area contributed by atoms with E-state index in [2.05, 4.69) is 86.8 Å². The van der Waals surface area contributed by atoms with Crippen molar-refractivity contribution in [2.75, 3.05) is 13.2 Å². The van der Waals surface area contributed by atoms with Crippen LogP contribution in [0.2, 0.25) is 0 Å². The third-order valence-corrected chi connectivity index (χ3v) is 11.9. The highest BCUT2D eigenvalue weighted by Crippen LogP contribution is 2.47. The van der Waals surface area contributed by atoms with Gasteiger partial charge in [-0.05, 0) is 83.5 Å². The maximum absolute atomic E-state index is 12.8. The minimum atomic E-state index is -5.14. The highest BCUT2D eigenvalue weighted by molar-refractivity contribution is 7.47. The van der Waals surface area contributed by atoms with Crippen molar-refractivity contribution in [3.05, 3.63) is 72.9 Å². The zero-order valence-corrected chi connectivity index (χ0v) is 39.4. The van der Waals surface area contributed by atoms with Gasteiger partial charge >= 0.3 is 19.8 Å². The molecule has 1 saturated heterocycles. The molecule has 0 spiro atoms. The van der Waals surface area contributed by atoms with Gasteiger partial charge in [-0.3, -0.25) is 18.6 Å². The first-order valence-electron chi connectivity index (χ1n) is 23.9. The third kappa shape index (κ3) is 27.0. The number of aliphatic hydroxyl groups is 5. The number of hydrogen-bond donors (Lipinski definition) is 6. The van der Waals surface area contributed by atoms with Crippen LogP contribution in [-0.2, 0) is 37.4 Å². The van der Waals surface area contributed by atoms with Gasteiger partial charge in [0.15, 0.2) is 6.10 Å². The molecule has 2 fully saturated rings. The number of phosphoric acid groups is 1. The zero-order chi connectivity index (χ0) is 46.8. The van der Waals surface area contributed by atoms with E-state index in [0.717, 1.165) is 96.3 Å². The Labute approximate surface area is 382 Å². The number of epoxide rings is 1. The number of esters is 2. The summed E-state index contributed by atoms with van der Waals surface area (Å²) in [5.41, 5.74) is 0. The molecule has 5 unspecified atom stereocenters. The van der Waals surface area contributed by atoms with Crippen LogP contribution in [0.3, 0.4) is 0 Å². The first-order chi connectivity index (χ1) is 30.9. The van der Waals surface area contributed by atoms with Gasteiger partial charge in [0.05, 0.1) is 18.8 Å². The lowest BCUT2D eigenvalue weighted by molar-refractivity contribution is -0.220. The van der Waals surface area contributed by atoms with Crippen LogP contribution in [0.25, 0.3) is 0 Å². The fourth-order valence-electron chi connectivity index (χ4n) is 7.02. The van der Waals surface area contributed by atoms with Crippen molar-refractivity contribution >= 4 is 19.8 Å². The summed E-state index contributed by atoms with van der Waals surface area (Å²) in [4.78, 5) is 35.8. The van der Waals surface area contributed by atoms with Crippen LogP contribution in [0, 0.1) is 0 Å². The molecule has 0 amide bonds. The molecule has 1 saturated carbocycles. The van der Waals surface area contributed by atoms with Crippen molar-refractivity contribution < 1.29 is 67.8 Å². The number of ether oxygens (including phenoxy) is 3. The van der Waals surface area contributed by atoms with Gasteiger partial charge in [0.2, 0.25) is 0 Å². The molecule has 1 aliphatic carbocycles. The number of allylic oxidation sites excluding steroid dienone is 11. The molecular formula is C49H81O14P. The van der Waals surface area contributed by atoms with Crippen LogP contribution >= 0.6 is 7.82 Å². The molecule has 2 rings (SSSR count). The molecule has 14 nitrogen and oxygen atoms in total. The van der Waals surface area contributed by atoms with Crippen molar-refractivity contribution in [1.82, 2.24) is 0 Å². The predicted octanol–water partition coefficient (Wildman–Crippen LogP) is 8.49. The van der Waals surface area contributed by atoms with Crippen LogP contribution in [-0.4, -0.2) is 111 Å². The summed E-state index contributed by atoms with van der Waals surface area (Å²) >= 11 is 0. The third-order valence-electron chi connectivity index (χ3n) is 11.0. The summed E-state index contributed by atoms with van der Waals surface area (Å²) in [6.07, 6.45) is 32.6. The normalized spacial score (nSPS) is 25.4. The van der Waals surface area contributed by atoms with Crippen molar-refractivity contribution in [2.45, 2.75) is 210 Å². The van der Waals surface area contributed by atoms with Gasteiger partial charge in [-0.15, -0.1) is 0 Å². The summed E-state index contributed by atoms with van der Waals surface area (Å²) in [7, 11) is -5.14. The average molecular weight is 925 g/mol. The molecule has 1 aliphatic heterocycles. The van der Waals surface area contributed by atoms with Gasteiger partial charge < -0.3 is 44.6 Å². The second-order valence-corrected chi connectivity index (χ2v) is 18.0. The van der Waals surface area contributed by atoms with E-state index < -0.39 is 75.7 Å². The van der Waals surface area contributed by atoms with E-state index in [4.69, 9.17) is 23.3 Å². The molecule has 6 N–H and O–H groups in total. The standard InChI is InChI=1S/C49H81O14P/c1-3-5-7-8-9-10-11-12-13-14-15-16-17-18-19-20-25-28-32-36-43(51)61-39(38-60-64(57,58)63-49-47(55)45(53)44(52)46(54)48(49)56)37-59-42(50)35-31-27-24-22-21-23-26-30-34-41-40(62-41)33-29-6-4-2/h5,7,9-10,12-13,15-16,18-19,26,30,39-41,44-49,52-56H,3-4,6,8,11,14,17,20-25,27-29,31-38H2,1-2H3,(H,57,58)/b7-5-,10-9-,13-12-,16-15-,19-18-,30-26-/t39-,40?,41?,44?,45-,46+,47-,48-,49?/m1/s1. The van der Waals surface area contributed by atoms with Gasteiger partial charge in [0.1, 0.15) is 43.2 Å². The number of aliphatic hydroxyl groups excluding tert-OH is 5. The molecule has 366 valence electrons. The van der Waals surface area contributed by atoms with E-state index in [-0.39, 0.29) is 12.8 Å². The van der Waals surface area contributed by atoms with E-state index in [1.165, 1.54) is 19.3 Å². The minimum absolute atomic E-state index is 0.0479. The van der Waals surface area contributed by atoms with Gasteiger partial charge in [-0.2, -0.15) is 0 Å². The molecule has 1 heterocycles. The Bertz CT molecular complexity index is 1460. The topological polar surface area (TPSA) is 222 Å². The molecule has 0 aromatic heterocycles. The van der Waals surface area contributed by atoms with Gasteiger partial charge in [-0.1, -0.05) is 132 Å². The molecular weight excluding hydrogens is 843 g/mol. The van der Waals surface area contributed by atoms with Crippen molar-refractivity contribution in [3.8, 4) is 0 Å². The van der Waals surface area contributed by atoms with Crippen LogP contribution < -0.4 is 0 Å². The fraction of sp³-hybridized carbons (Fsp3) is 0.714. The molecule has 0 radical (unpaired) electrons. The quantitative estimate of drug-likeness (QED) is 0.0113. The predicted molar refractivity (Wildman–Crippen MR) is 248 cm³/mol. The number of unbranched alkanes of at least 4 members (excludes halogenated alkanes) is 10. The maximum atomic E-state index is 12.8. The van der Waals surface area contributed by atoms with Crippen molar-refractivity contribution in [3.63, 3.8) is 0 Å². The van der Waals surface area contributed by atoms with Crippen LogP contribution in [0.15, 0.2) is 72.9 Å². The lowest BCUT2D eigenvalue weighted by atomic mass is 9.85. The van der Waals surface area contributed by atoms with E-state index in [1.54, 1.807) is 0 Å². The number of hydrogen-bond acceptors (Lipinski definition) is 13. The Morgan fingerprint density at radius 1 is 0.578 bits per heavy atom. The smallest absolute Gasteiger partial charge is 0.462 e. The first kappa shape index (κ1) is 57.4. The second-order valence-electron chi connectivity index (χ2n) is 16.6. The molecule has 10 atom stereocenters. The second kappa shape index (κ2) is 35.4. The number of phosphoric ester groups is 1. The summed E-state index contributed by atoms with van der Waals surface area (Å²) in [6.45, 7) is 3.10. The van der Waals surface area contributed by atoms with E-state index >= 15 is 0 Å². The lowest BCUT2D eigenvalue weighted by Gasteiger charge is -2.41. The number of carbonyl (C=O) groups excluding carboxylic acids is 2. The Hall–Kier alpha value is -2.75. The SMILES string of the molecule is CC/C=C\C/C=C\C/C=C\C/C=C\C/C=C\CCCCCC(=O)O[C@H](COC(=O)CCCCCCC/C=C\CC1OC1CCCCC)COP(=O)(O)OC1[C@H](O)[C@H](O)C(O)[C@H](O)[C@H]1O. The molecule has 0 aromatic carbocycles. The highest BCUT2D eigenvalue weighted by atomic mass is 31.2. The maximum Gasteiger partial charge on any atom is 0.472 e. The van der Waals surface area contributed by atoms with Crippen LogP contribution in [0.4, 0.5) is 0 Å². The summed E-state index contributed by atoms with van der Waals surface area (Å²) in [6, 6.07) is 0. The molecule has 2 aliphatic rings. The summed E-state index contributed by atoms with van der Waals surface area (Å²) in [5.74, 6) is -1.17. The molecule has 64 heavy (non-hydrogen) atoms. The summed E-state index contributed by atoms with van der Waals surface area (Å²) < 4.78 is 39.3. The molecule has 0 bridgehead atoms. The van der Waals surface area contributed by atoms with Crippen LogP contribution in [0.1, 0.15) is 155 Å². The Kier molecular flexibility index (Phi) is 31.8. The lowest BCUT2D eigenvalue weighted by Crippen LogP contribution is -2.64. The summed E-state index contributed by atoms with van der Waals surface area (Å²) in [5, 5.41) is 50.2. The largest absolute Gasteiger partial charge is 0.472 e. The van der Waals surface area contributed by atoms with Crippen LogP contribution in [0.5, 0.6) is 0 Å². The number of carbonyl (C=O) groups is 2. The molecule has 15 heteroatoms. The first-order valence-corrected chi connectivity index (χ1v) is 25.4. The Morgan fingerprint density at radius 2 is 1.08 bits per heavy atom. The Morgan fingerprint density at radius 3 is 1.67 bits per heavy atom. The van der Waals surface area contributed by atoms with Gasteiger partial charge in [0.25, 0.3) is 0 Å². The highest BCUT2D eigenvalue weighted by Gasteiger charge is 2.51. The van der Waals surface area contributed by atoms with E-state index in [1.807, 2.05) is 0 Å². The Balaban J connectivity index is 1.72. The van der Waals surface area contributed by atoms with Gasteiger partial charge in [0, 0.05) is 12.8 Å². The fourth-order valence-corrected chi connectivity index (χ4v) is 8.00. The molecule has 0 aromatic rings. The van der Waals surface area contributed by atoms with Crippen molar-refractivity contribution in [2.24, 2.45) is 0 Å². The number of rotatable bonds is 37. The zero-order valence-electron chi connectivity index (χ0n) is 38.5. The minimum Gasteiger partial charge on any atom is -0.462 e. The monoisotopic (exact) mass is 925 g/mol. The van der Waals surface area contributed by atoms with Crippen molar-refractivity contribution in [1.29, 1.82) is 0 Å². The van der Waals surface area contributed by atoms with Gasteiger partial charge in [-0.25, -0.2) is 4.57 Å². The average Bonchev–Trinajstić information content (AvgIpc) is 4.03. The van der Waals surface area contributed by atoms with E-state index in [0.29, 0.717) is 25.0 Å². The van der Waals surface area contributed by atoms with E-state index in [9.17, 15) is 44.6 Å².